The van der Waals surface area contributed by atoms with E-state index in [4.69, 9.17) is 9.47 Å². The number of halogens is 2. The van der Waals surface area contributed by atoms with E-state index < -0.39 is 23.6 Å². The van der Waals surface area contributed by atoms with E-state index in [0.29, 0.717) is 24.3 Å². The summed E-state index contributed by atoms with van der Waals surface area (Å²) in [6.45, 7) is 0.195. The molecule has 2 heterocycles. The molecule has 2 aromatic rings. The minimum absolute atomic E-state index is 0.0566. The average Bonchev–Trinajstić information content (AvgIpc) is 2.83. The van der Waals surface area contributed by atoms with Gasteiger partial charge in [0.1, 0.15) is 18.5 Å². The highest BCUT2D eigenvalue weighted by molar-refractivity contribution is 6.05. The Bertz CT molecular complexity index is 1130. The Balaban J connectivity index is 1.52. The normalized spacial score (nSPS) is 21.9. The van der Waals surface area contributed by atoms with Gasteiger partial charge in [-0.3, -0.25) is 14.4 Å². The summed E-state index contributed by atoms with van der Waals surface area (Å²) in [5, 5.41) is 5.19. The molecule has 180 valence electrons. The minimum Gasteiger partial charge on any atom is -0.490 e. The van der Waals surface area contributed by atoms with Crippen molar-refractivity contribution in [2.24, 2.45) is 0 Å². The molecular formula is C24H25F2N3O5. The molecule has 2 aromatic carbocycles. The number of amides is 3. The Kier molecular flexibility index (Phi) is 6.78. The van der Waals surface area contributed by atoms with Crippen LogP contribution >= 0.6 is 0 Å². The third-order valence-electron chi connectivity index (χ3n) is 6.14. The molecule has 8 nitrogen and oxygen atoms in total. The van der Waals surface area contributed by atoms with Gasteiger partial charge in [0.05, 0.1) is 24.1 Å². The van der Waals surface area contributed by atoms with Crippen molar-refractivity contribution in [3.63, 3.8) is 0 Å². The maximum Gasteiger partial charge on any atom is 0.257 e. The van der Waals surface area contributed by atoms with Crippen LogP contribution in [0, 0.1) is 11.6 Å². The number of hydrogen-bond acceptors (Lipinski definition) is 5. The summed E-state index contributed by atoms with van der Waals surface area (Å²) in [5.74, 6) is -2.90. The molecule has 4 rings (SSSR count). The molecule has 2 N–H and O–H groups in total. The number of nitrogens with zero attached hydrogens (tertiary/aromatic N) is 1. The number of benzene rings is 2. The summed E-state index contributed by atoms with van der Waals surface area (Å²) < 4.78 is 38.6. The highest BCUT2D eigenvalue weighted by atomic mass is 19.2. The van der Waals surface area contributed by atoms with Gasteiger partial charge in [0.15, 0.2) is 11.6 Å². The molecule has 1 saturated heterocycles. The number of carbonyl (C=O) groups excluding carboxylic acids is 3. The van der Waals surface area contributed by atoms with Crippen molar-refractivity contribution in [1.29, 1.82) is 0 Å². The summed E-state index contributed by atoms with van der Waals surface area (Å²) in [7, 11) is 3.26. The fourth-order valence-corrected chi connectivity index (χ4v) is 4.25. The number of likely N-dealkylation sites (N-methyl/N-ethyl adjacent to an activating group) is 1. The molecule has 2 aliphatic heterocycles. The van der Waals surface area contributed by atoms with Crippen molar-refractivity contribution in [3.8, 4) is 5.75 Å². The lowest BCUT2D eigenvalue weighted by Gasteiger charge is -2.42. The van der Waals surface area contributed by atoms with Crippen LogP contribution in [0.3, 0.4) is 0 Å². The van der Waals surface area contributed by atoms with Crippen molar-refractivity contribution in [1.82, 2.24) is 10.2 Å². The third kappa shape index (κ3) is 4.86. The summed E-state index contributed by atoms with van der Waals surface area (Å²) in [5.41, 5.74) is 0.511. The van der Waals surface area contributed by atoms with Crippen molar-refractivity contribution in [2.45, 2.75) is 37.5 Å². The first-order chi connectivity index (χ1) is 16.3. The Morgan fingerprint density at radius 3 is 2.65 bits per heavy atom. The quantitative estimate of drug-likeness (QED) is 0.712. The van der Waals surface area contributed by atoms with Gasteiger partial charge in [-0.1, -0.05) is 0 Å². The van der Waals surface area contributed by atoms with Crippen LogP contribution in [-0.2, 0) is 9.53 Å². The van der Waals surface area contributed by atoms with Crippen LogP contribution in [0.25, 0.3) is 0 Å². The highest BCUT2D eigenvalue weighted by Gasteiger charge is 2.39. The molecule has 0 bridgehead atoms. The van der Waals surface area contributed by atoms with Crippen molar-refractivity contribution < 1.29 is 32.6 Å². The first-order valence-electron chi connectivity index (χ1n) is 10.9. The van der Waals surface area contributed by atoms with E-state index in [2.05, 4.69) is 10.6 Å². The molecule has 10 heteroatoms. The first kappa shape index (κ1) is 23.6. The molecular weight excluding hydrogens is 448 g/mol. The van der Waals surface area contributed by atoms with Crippen LogP contribution < -0.4 is 15.4 Å². The Hall–Kier alpha value is -3.53. The Morgan fingerprint density at radius 2 is 1.91 bits per heavy atom. The average molecular weight is 473 g/mol. The predicted octanol–water partition coefficient (Wildman–Crippen LogP) is 2.73. The predicted molar refractivity (Wildman–Crippen MR) is 119 cm³/mol. The number of nitrogens with one attached hydrogen (secondary N) is 2. The standard InChI is InChI=1S/C24H25F2N3O5/c1-27-22(30)11-15-5-7-19-21(34-15)12-33-20-8-4-14(10-16(20)24(32)29(19)2)28-23(31)13-3-6-17(25)18(26)9-13/h3-4,6,8-10,15,19,21H,5,7,11-12H2,1-2H3,(H,27,30)(H,28,31)/t15-,19+,21+/m1/s1. The van der Waals surface area contributed by atoms with Gasteiger partial charge in [-0.05, 0) is 49.2 Å². The van der Waals surface area contributed by atoms with Gasteiger partial charge in [0.25, 0.3) is 11.8 Å². The smallest absolute Gasteiger partial charge is 0.257 e. The number of carbonyl (C=O) groups is 3. The maximum atomic E-state index is 13.5. The van der Waals surface area contributed by atoms with Gasteiger partial charge in [0.2, 0.25) is 5.91 Å². The van der Waals surface area contributed by atoms with Gasteiger partial charge in [-0.15, -0.1) is 0 Å². The number of fused-ring (bicyclic) bond motifs is 2. The summed E-state index contributed by atoms with van der Waals surface area (Å²) >= 11 is 0. The van der Waals surface area contributed by atoms with Crippen LogP contribution in [-0.4, -0.2) is 61.6 Å². The number of anilines is 1. The number of ether oxygens (including phenoxy) is 2. The van der Waals surface area contributed by atoms with Crippen LogP contribution in [0.2, 0.25) is 0 Å². The van der Waals surface area contributed by atoms with E-state index in [1.807, 2.05) is 0 Å². The second-order valence-electron chi connectivity index (χ2n) is 8.34. The van der Waals surface area contributed by atoms with Gasteiger partial charge in [-0.2, -0.15) is 0 Å². The topological polar surface area (TPSA) is 97.0 Å². The Labute approximate surface area is 195 Å². The van der Waals surface area contributed by atoms with E-state index in [9.17, 15) is 23.2 Å². The van der Waals surface area contributed by atoms with Gasteiger partial charge in [-0.25, -0.2) is 8.78 Å². The van der Waals surface area contributed by atoms with Gasteiger partial charge < -0.3 is 25.0 Å². The lowest BCUT2D eigenvalue weighted by Crippen LogP contribution is -2.53. The zero-order valence-corrected chi connectivity index (χ0v) is 18.8. The lowest BCUT2D eigenvalue weighted by atomic mass is 9.94. The van der Waals surface area contributed by atoms with Crippen LogP contribution in [0.15, 0.2) is 36.4 Å². The second kappa shape index (κ2) is 9.76. The van der Waals surface area contributed by atoms with Crippen molar-refractivity contribution in [3.05, 3.63) is 59.2 Å². The molecule has 0 saturated carbocycles. The van der Waals surface area contributed by atoms with E-state index in [1.165, 1.54) is 12.1 Å². The zero-order valence-electron chi connectivity index (χ0n) is 18.8. The first-order valence-corrected chi connectivity index (χ1v) is 10.9. The molecule has 2 aliphatic rings. The van der Waals surface area contributed by atoms with E-state index in [-0.39, 0.29) is 48.1 Å². The lowest BCUT2D eigenvalue weighted by molar-refractivity contribution is -0.133. The summed E-state index contributed by atoms with van der Waals surface area (Å²) in [4.78, 5) is 39.0. The summed E-state index contributed by atoms with van der Waals surface area (Å²) in [6.07, 6.45) is 0.886. The Morgan fingerprint density at radius 1 is 1.12 bits per heavy atom. The van der Waals surface area contributed by atoms with Crippen LogP contribution in [0.4, 0.5) is 14.5 Å². The zero-order chi connectivity index (χ0) is 24.4. The minimum atomic E-state index is -1.13. The maximum absolute atomic E-state index is 13.5. The van der Waals surface area contributed by atoms with Crippen molar-refractivity contribution in [2.75, 3.05) is 26.0 Å². The van der Waals surface area contributed by atoms with Crippen LogP contribution in [0.5, 0.6) is 5.75 Å². The van der Waals surface area contributed by atoms with Crippen LogP contribution in [0.1, 0.15) is 40.0 Å². The molecule has 0 radical (unpaired) electrons. The second-order valence-corrected chi connectivity index (χ2v) is 8.34. The molecule has 0 spiro atoms. The number of hydrogen-bond donors (Lipinski definition) is 2. The fraction of sp³-hybridized carbons (Fsp3) is 0.375. The van der Waals surface area contributed by atoms with Gasteiger partial charge in [0, 0.05) is 25.3 Å². The summed E-state index contributed by atoms with van der Waals surface area (Å²) in [6, 6.07) is 7.22. The molecule has 0 aromatic heterocycles. The molecule has 0 aliphatic carbocycles. The monoisotopic (exact) mass is 473 g/mol. The molecule has 3 atom stereocenters. The SMILES string of the molecule is CNC(=O)C[C@H]1CC[C@H]2[C@H](COc3ccc(NC(=O)c4ccc(F)c(F)c4)cc3C(=O)N2C)O1. The van der Waals surface area contributed by atoms with E-state index >= 15 is 0 Å². The third-order valence-corrected chi connectivity index (χ3v) is 6.14. The largest absolute Gasteiger partial charge is 0.490 e. The fourth-order valence-electron chi connectivity index (χ4n) is 4.25. The highest BCUT2D eigenvalue weighted by Crippen LogP contribution is 2.32. The van der Waals surface area contributed by atoms with Gasteiger partial charge >= 0.3 is 0 Å². The van der Waals surface area contributed by atoms with E-state index in [1.54, 1.807) is 31.1 Å². The molecule has 1 fully saturated rings. The van der Waals surface area contributed by atoms with Crippen molar-refractivity contribution >= 4 is 23.4 Å². The molecule has 34 heavy (non-hydrogen) atoms. The molecule has 0 unspecified atom stereocenters. The number of rotatable bonds is 4. The molecule has 3 amide bonds. The van der Waals surface area contributed by atoms with E-state index in [0.717, 1.165) is 12.1 Å².